The van der Waals surface area contributed by atoms with Gasteiger partial charge in [0.25, 0.3) is 0 Å². The third kappa shape index (κ3) is 3.22. The summed E-state index contributed by atoms with van der Waals surface area (Å²) >= 11 is 0. The Bertz CT molecular complexity index is 1400. The molecule has 0 aliphatic carbocycles. The summed E-state index contributed by atoms with van der Waals surface area (Å²) in [6.07, 6.45) is 3.96. The zero-order valence-corrected chi connectivity index (χ0v) is 17.3. The van der Waals surface area contributed by atoms with Crippen LogP contribution in [0.15, 0.2) is 57.4 Å². The molecule has 0 unspecified atom stereocenters. The Balaban J connectivity index is 1.63. The molecular formula is C28H22O2. The average Bonchev–Trinajstić information content (AvgIpc) is 3.28. The predicted octanol–water partition coefficient (Wildman–Crippen LogP) is 7.79. The van der Waals surface area contributed by atoms with Crippen LogP contribution in [0.25, 0.3) is 43.9 Å². The van der Waals surface area contributed by atoms with Crippen molar-refractivity contribution in [1.29, 1.82) is 0 Å². The van der Waals surface area contributed by atoms with E-state index >= 15 is 0 Å². The first-order chi connectivity index (χ1) is 14.8. The van der Waals surface area contributed by atoms with Crippen molar-refractivity contribution in [3.8, 4) is 23.7 Å². The average molecular weight is 390 g/mol. The van der Waals surface area contributed by atoms with Gasteiger partial charge in [-0.2, -0.15) is 0 Å². The zero-order chi connectivity index (χ0) is 20.5. The van der Waals surface area contributed by atoms with Gasteiger partial charge in [0.15, 0.2) is 0 Å². The van der Waals surface area contributed by atoms with Gasteiger partial charge in [0.1, 0.15) is 22.3 Å². The highest BCUT2D eigenvalue weighted by atomic mass is 16.3. The summed E-state index contributed by atoms with van der Waals surface area (Å²) in [5.74, 6) is 12.8. The second-order valence-electron chi connectivity index (χ2n) is 7.57. The molecular weight excluding hydrogens is 368 g/mol. The third-order valence-electron chi connectivity index (χ3n) is 5.28. The van der Waals surface area contributed by atoms with Crippen LogP contribution in [-0.4, -0.2) is 0 Å². The smallest absolute Gasteiger partial charge is 0.136 e. The molecule has 5 rings (SSSR count). The van der Waals surface area contributed by atoms with E-state index in [1.165, 1.54) is 0 Å². The lowest BCUT2D eigenvalue weighted by molar-refractivity contribution is 0.664. The van der Waals surface area contributed by atoms with Gasteiger partial charge in [0.2, 0.25) is 0 Å². The molecule has 2 nitrogen and oxygen atoms in total. The van der Waals surface area contributed by atoms with Crippen LogP contribution in [-0.2, 0) is 0 Å². The third-order valence-corrected chi connectivity index (χ3v) is 5.28. The lowest BCUT2D eigenvalue weighted by Crippen LogP contribution is -1.74. The summed E-state index contributed by atoms with van der Waals surface area (Å²) in [5, 5.41) is 4.29. The van der Waals surface area contributed by atoms with E-state index in [9.17, 15) is 0 Å². The summed E-state index contributed by atoms with van der Waals surface area (Å²) in [6, 6.07) is 16.5. The first-order valence-electron chi connectivity index (χ1n) is 10.6. The highest BCUT2D eigenvalue weighted by Gasteiger charge is 2.13. The number of unbranched alkanes of at least 4 members (excludes halogenated alkanes) is 2. The van der Waals surface area contributed by atoms with Crippen molar-refractivity contribution in [2.75, 3.05) is 0 Å². The Kier molecular flexibility index (Phi) is 4.70. The molecule has 2 heteroatoms. The van der Waals surface area contributed by atoms with Gasteiger partial charge < -0.3 is 8.83 Å². The Morgan fingerprint density at radius 2 is 1.00 bits per heavy atom. The molecule has 0 atom stereocenters. The molecule has 3 aromatic carbocycles. The SMILES string of the molecule is CCCC#Cc1ccc2c(c1)oc1cc3c(cc12)oc1cc(C#CCCC)ccc13. The van der Waals surface area contributed by atoms with Gasteiger partial charge in [0, 0.05) is 45.5 Å². The normalized spacial score (nSPS) is 11.0. The van der Waals surface area contributed by atoms with Crippen LogP contribution in [0.3, 0.4) is 0 Å². The topological polar surface area (TPSA) is 26.3 Å². The lowest BCUT2D eigenvalue weighted by atomic mass is 10.1. The largest absolute Gasteiger partial charge is 0.456 e. The number of furan rings is 2. The molecule has 0 saturated carbocycles. The molecule has 0 aliphatic heterocycles. The Labute approximate surface area is 175 Å². The van der Waals surface area contributed by atoms with E-state index in [1.807, 2.05) is 12.1 Å². The fourth-order valence-corrected chi connectivity index (χ4v) is 3.78. The standard InChI is InChI=1S/C28H22O2/c1-3-5-7-9-19-11-13-21-23-17-28-24(18-27(23)29-25(21)15-19)22-14-12-20(10-8-6-4-2)16-26(22)30-28/h11-18H,3-6H2,1-2H3. The summed E-state index contributed by atoms with van der Waals surface area (Å²) in [6.45, 7) is 4.27. The molecule has 146 valence electrons. The summed E-state index contributed by atoms with van der Waals surface area (Å²) in [5.41, 5.74) is 5.43. The van der Waals surface area contributed by atoms with Crippen LogP contribution in [0.2, 0.25) is 0 Å². The monoisotopic (exact) mass is 390 g/mol. The van der Waals surface area contributed by atoms with Crippen LogP contribution >= 0.6 is 0 Å². The minimum Gasteiger partial charge on any atom is -0.456 e. The van der Waals surface area contributed by atoms with Gasteiger partial charge in [-0.05, 0) is 61.4 Å². The van der Waals surface area contributed by atoms with Gasteiger partial charge in [-0.15, -0.1) is 0 Å². The van der Waals surface area contributed by atoms with Crippen molar-refractivity contribution in [2.24, 2.45) is 0 Å². The Morgan fingerprint density at radius 1 is 0.567 bits per heavy atom. The number of hydrogen-bond donors (Lipinski definition) is 0. The Morgan fingerprint density at radius 3 is 1.43 bits per heavy atom. The Hall–Kier alpha value is -3.62. The molecule has 2 heterocycles. The van der Waals surface area contributed by atoms with Crippen LogP contribution in [0, 0.1) is 23.7 Å². The minimum absolute atomic E-state index is 0.860. The number of hydrogen-bond acceptors (Lipinski definition) is 2. The van der Waals surface area contributed by atoms with E-state index in [2.05, 4.69) is 73.9 Å². The molecule has 0 spiro atoms. The van der Waals surface area contributed by atoms with Crippen LogP contribution in [0.1, 0.15) is 50.7 Å². The number of rotatable bonds is 2. The van der Waals surface area contributed by atoms with Gasteiger partial charge in [-0.25, -0.2) is 0 Å². The molecule has 0 radical (unpaired) electrons. The summed E-state index contributed by atoms with van der Waals surface area (Å²) < 4.78 is 12.4. The predicted molar refractivity (Wildman–Crippen MR) is 125 cm³/mol. The van der Waals surface area contributed by atoms with Gasteiger partial charge in [-0.1, -0.05) is 37.5 Å². The molecule has 5 aromatic rings. The molecule has 0 bridgehead atoms. The van der Waals surface area contributed by atoms with Crippen LogP contribution in [0.5, 0.6) is 0 Å². The quantitative estimate of drug-likeness (QED) is 0.288. The first kappa shape index (κ1) is 18.4. The highest BCUT2D eigenvalue weighted by Crippen LogP contribution is 2.37. The maximum absolute atomic E-state index is 6.18. The molecule has 0 saturated heterocycles. The van der Waals surface area contributed by atoms with Crippen LogP contribution in [0.4, 0.5) is 0 Å². The summed E-state index contributed by atoms with van der Waals surface area (Å²) in [7, 11) is 0. The second kappa shape index (κ2) is 7.66. The van der Waals surface area contributed by atoms with Gasteiger partial charge in [-0.3, -0.25) is 0 Å². The molecule has 2 aromatic heterocycles. The molecule has 30 heavy (non-hydrogen) atoms. The first-order valence-corrected chi connectivity index (χ1v) is 10.6. The molecule has 0 N–H and O–H groups in total. The number of fused-ring (bicyclic) bond motifs is 6. The van der Waals surface area contributed by atoms with Crippen molar-refractivity contribution >= 4 is 43.9 Å². The van der Waals surface area contributed by atoms with Gasteiger partial charge >= 0.3 is 0 Å². The van der Waals surface area contributed by atoms with Crippen molar-refractivity contribution in [1.82, 2.24) is 0 Å². The maximum atomic E-state index is 6.18. The van der Waals surface area contributed by atoms with Crippen molar-refractivity contribution in [3.05, 3.63) is 59.7 Å². The summed E-state index contributed by atoms with van der Waals surface area (Å²) in [4.78, 5) is 0. The molecule has 0 fully saturated rings. The highest BCUT2D eigenvalue weighted by molar-refractivity contribution is 6.14. The van der Waals surface area contributed by atoms with E-state index in [0.717, 1.165) is 80.7 Å². The second-order valence-corrected chi connectivity index (χ2v) is 7.57. The molecule has 0 aliphatic rings. The lowest BCUT2D eigenvalue weighted by Gasteiger charge is -1.92. The minimum atomic E-state index is 0.860. The zero-order valence-electron chi connectivity index (χ0n) is 17.3. The fraction of sp³-hybridized carbons (Fsp3) is 0.214. The van der Waals surface area contributed by atoms with E-state index < -0.39 is 0 Å². The fourth-order valence-electron chi connectivity index (χ4n) is 3.78. The number of benzene rings is 3. The van der Waals surface area contributed by atoms with Crippen molar-refractivity contribution < 1.29 is 8.83 Å². The van der Waals surface area contributed by atoms with Crippen molar-refractivity contribution in [2.45, 2.75) is 39.5 Å². The van der Waals surface area contributed by atoms with E-state index in [4.69, 9.17) is 8.83 Å². The van der Waals surface area contributed by atoms with E-state index in [-0.39, 0.29) is 0 Å². The maximum Gasteiger partial charge on any atom is 0.136 e. The van der Waals surface area contributed by atoms with E-state index in [0.29, 0.717) is 0 Å². The van der Waals surface area contributed by atoms with Crippen molar-refractivity contribution in [3.63, 3.8) is 0 Å². The van der Waals surface area contributed by atoms with E-state index in [1.54, 1.807) is 0 Å². The van der Waals surface area contributed by atoms with Crippen LogP contribution < -0.4 is 0 Å². The molecule has 0 amide bonds. The van der Waals surface area contributed by atoms with Gasteiger partial charge in [0.05, 0.1) is 0 Å².